The van der Waals surface area contributed by atoms with Gasteiger partial charge in [-0.3, -0.25) is 4.90 Å². The molecule has 162 valence electrons. The minimum absolute atomic E-state index is 0.199. The van der Waals surface area contributed by atoms with E-state index in [2.05, 4.69) is 19.2 Å². The number of nitrogens with zero attached hydrogens (tertiary/aromatic N) is 1. The highest BCUT2D eigenvalue weighted by atomic mass is 19.1. The van der Waals surface area contributed by atoms with Crippen LogP contribution in [0, 0.1) is 11.7 Å². The van der Waals surface area contributed by atoms with E-state index in [0.717, 1.165) is 5.56 Å². The van der Waals surface area contributed by atoms with Crippen LogP contribution in [-0.2, 0) is 6.54 Å². The molecule has 1 saturated heterocycles. The van der Waals surface area contributed by atoms with Crippen LogP contribution in [0.4, 0.5) is 13.6 Å². The van der Waals surface area contributed by atoms with Crippen LogP contribution in [0.25, 0.3) is 0 Å². The summed E-state index contributed by atoms with van der Waals surface area (Å²) in [4.78, 5) is 14.1. The first kappa shape index (κ1) is 22.0. The number of rotatable bonds is 7. The second-order valence-corrected chi connectivity index (χ2v) is 7.98. The monoisotopic (exact) mass is 418 g/mol. The summed E-state index contributed by atoms with van der Waals surface area (Å²) in [5.41, 5.74) is 0.926. The molecule has 1 N–H and O–H groups in total. The summed E-state index contributed by atoms with van der Waals surface area (Å²) in [6.07, 6.45) is -1.41. The maximum absolute atomic E-state index is 14.6. The summed E-state index contributed by atoms with van der Waals surface area (Å²) >= 11 is 0. The summed E-state index contributed by atoms with van der Waals surface area (Å²) in [5.74, 6) is 1.20. The molecular weight excluding hydrogens is 390 g/mol. The zero-order valence-electron chi connectivity index (χ0n) is 17.3. The molecule has 0 aliphatic carbocycles. The van der Waals surface area contributed by atoms with Crippen LogP contribution in [0.5, 0.6) is 11.5 Å². The van der Waals surface area contributed by atoms with Crippen molar-refractivity contribution in [1.82, 2.24) is 10.2 Å². The molecule has 5 nitrogen and oxygen atoms in total. The minimum Gasteiger partial charge on any atom is -0.493 e. The Hall–Kier alpha value is -2.67. The van der Waals surface area contributed by atoms with Crippen LogP contribution in [0.1, 0.15) is 25.8 Å². The van der Waals surface area contributed by atoms with Crippen molar-refractivity contribution < 1.29 is 23.0 Å². The van der Waals surface area contributed by atoms with Crippen molar-refractivity contribution in [2.24, 2.45) is 5.92 Å². The molecule has 0 spiro atoms. The molecule has 1 amide bonds. The number of hydrogen-bond donors (Lipinski definition) is 1. The molecule has 0 aromatic heterocycles. The number of ether oxygens (including phenoxy) is 2. The lowest BCUT2D eigenvalue weighted by molar-refractivity contribution is 0.0965. The molecule has 1 heterocycles. The maximum atomic E-state index is 14.6. The number of benzene rings is 2. The molecule has 0 bridgehead atoms. The highest BCUT2D eigenvalue weighted by Gasteiger charge is 2.30. The third-order valence-corrected chi connectivity index (χ3v) is 4.87. The van der Waals surface area contributed by atoms with E-state index in [1.54, 1.807) is 36.4 Å². The van der Waals surface area contributed by atoms with Crippen molar-refractivity contribution in [3.8, 4) is 11.5 Å². The van der Waals surface area contributed by atoms with E-state index in [1.807, 2.05) is 4.90 Å². The molecule has 0 unspecified atom stereocenters. The van der Waals surface area contributed by atoms with Crippen molar-refractivity contribution in [3.63, 3.8) is 0 Å². The number of hydrogen-bond acceptors (Lipinski definition) is 4. The molecule has 0 radical (unpaired) electrons. The first-order valence-corrected chi connectivity index (χ1v) is 10.2. The largest absolute Gasteiger partial charge is 0.493 e. The summed E-state index contributed by atoms with van der Waals surface area (Å²) < 4.78 is 38.4. The predicted molar refractivity (Wildman–Crippen MR) is 111 cm³/mol. The number of piperidine rings is 1. The molecule has 2 aromatic rings. The first-order valence-electron chi connectivity index (χ1n) is 10.2. The van der Waals surface area contributed by atoms with Gasteiger partial charge in [-0.2, -0.15) is 0 Å². The first-order chi connectivity index (χ1) is 14.4. The van der Waals surface area contributed by atoms with Gasteiger partial charge in [0.05, 0.1) is 12.6 Å². The summed E-state index contributed by atoms with van der Waals surface area (Å²) in [6, 6.07) is 12.3. The number of alkyl halides is 1. The van der Waals surface area contributed by atoms with Crippen molar-refractivity contribution in [1.29, 1.82) is 0 Å². The van der Waals surface area contributed by atoms with Crippen molar-refractivity contribution in [3.05, 3.63) is 59.9 Å². The predicted octanol–water partition coefficient (Wildman–Crippen LogP) is 4.56. The van der Waals surface area contributed by atoms with Crippen LogP contribution in [0.3, 0.4) is 0 Å². The van der Waals surface area contributed by atoms with E-state index in [1.165, 1.54) is 12.1 Å². The van der Waals surface area contributed by atoms with E-state index >= 15 is 0 Å². The molecule has 1 aliphatic rings. The van der Waals surface area contributed by atoms with Crippen LogP contribution in [0.2, 0.25) is 0 Å². The molecule has 30 heavy (non-hydrogen) atoms. The smallest absolute Gasteiger partial charge is 0.412 e. The number of halogens is 2. The Morgan fingerprint density at radius 2 is 1.80 bits per heavy atom. The van der Waals surface area contributed by atoms with Crippen molar-refractivity contribution in [2.45, 2.75) is 39.0 Å². The molecule has 2 aromatic carbocycles. The van der Waals surface area contributed by atoms with Gasteiger partial charge in [-0.15, -0.1) is 0 Å². The lowest BCUT2D eigenvalue weighted by Crippen LogP contribution is -2.52. The fraction of sp³-hybridized carbons (Fsp3) is 0.435. The van der Waals surface area contributed by atoms with Gasteiger partial charge in [0.25, 0.3) is 0 Å². The molecule has 1 fully saturated rings. The third kappa shape index (κ3) is 6.69. The topological polar surface area (TPSA) is 50.8 Å². The second kappa shape index (κ2) is 10.4. The Bertz CT molecular complexity index is 812. The van der Waals surface area contributed by atoms with Crippen LogP contribution >= 0.6 is 0 Å². The Morgan fingerprint density at radius 1 is 1.13 bits per heavy atom. The molecular formula is C23H28F2N2O3. The van der Waals surface area contributed by atoms with Gasteiger partial charge in [0.15, 0.2) is 0 Å². The Kier molecular flexibility index (Phi) is 7.63. The van der Waals surface area contributed by atoms with Crippen LogP contribution < -0.4 is 14.8 Å². The van der Waals surface area contributed by atoms with Gasteiger partial charge >= 0.3 is 6.09 Å². The van der Waals surface area contributed by atoms with Crippen LogP contribution in [-0.4, -0.2) is 42.9 Å². The summed E-state index contributed by atoms with van der Waals surface area (Å²) in [6.45, 7) is 6.11. The average Bonchev–Trinajstić information content (AvgIpc) is 2.71. The van der Waals surface area contributed by atoms with Gasteiger partial charge in [0.2, 0.25) is 0 Å². The third-order valence-electron chi connectivity index (χ3n) is 4.87. The van der Waals surface area contributed by atoms with Crippen molar-refractivity contribution >= 4 is 6.09 Å². The number of likely N-dealkylation sites (tertiary alicyclic amines) is 1. The fourth-order valence-corrected chi connectivity index (χ4v) is 3.28. The van der Waals surface area contributed by atoms with Crippen molar-refractivity contribution in [2.75, 3.05) is 19.7 Å². The second-order valence-electron chi connectivity index (χ2n) is 7.98. The van der Waals surface area contributed by atoms with Gasteiger partial charge in [0.1, 0.15) is 23.5 Å². The molecule has 3 rings (SSSR count). The lowest BCUT2D eigenvalue weighted by Gasteiger charge is -2.34. The Balaban J connectivity index is 1.44. The molecule has 0 saturated carbocycles. The zero-order valence-corrected chi connectivity index (χ0v) is 17.3. The van der Waals surface area contributed by atoms with E-state index in [-0.39, 0.29) is 12.4 Å². The maximum Gasteiger partial charge on any atom is 0.412 e. The van der Waals surface area contributed by atoms with Gasteiger partial charge in [-0.05, 0) is 54.3 Å². The minimum atomic E-state index is -1.21. The van der Waals surface area contributed by atoms with E-state index in [4.69, 9.17) is 9.47 Å². The van der Waals surface area contributed by atoms with Gasteiger partial charge < -0.3 is 14.8 Å². The number of amides is 1. The van der Waals surface area contributed by atoms with E-state index in [0.29, 0.717) is 43.5 Å². The van der Waals surface area contributed by atoms with Gasteiger partial charge in [-0.1, -0.05) is 26.0 Å². The van der Waals surface area contributed by atoms with E-state index in [9.17, 15) is 13.6 Å². The molecule has 7 heteroatoms. The number of carbonyl (C=O) groups is 1. The van der Waals surface area contributed by atoms with Crippen LogP contribution in [0.15, 0.2) is 48.5 Å². The zero-order chi connectivity index (χ0) is 21.5. The highest BCUT2D eigenvalue weighted by molar-refractivity contribution is 5.70. The quantitative estimate of drug-likeness (QED) is 0.716. The molecule has 2 atom stereocenters. The lowest BCUT2D eigenvalue weighted by atomic mass is 10.0. The number of nitrogens with one attached hydrogen (secondary N) is 1. The number of carbonyl (C=O) groups excluding carboxylic acids is 1. The summed E-state index contributed by atoms with van der Waals surface area (Å²) in [5, 5.41) is 2.62. The normalized spacial score (nSPS) is 19.5. The SMILES string of the molecule is CC(C)COc1ccc(OC(=O)N[C@@H]2CCN(Cc3ccc(F)cc3)C[C@@H]2F)cc1. The Morgan fingerprint density at radius 3 is 2.43 bits per heavy atom. The highest BCUT2D eigenvalue weighted by Crippen LogP contribution is 2.20. The fourth-order valence-electron chi connectivity index (χ4n) is 3.28. The van der Waals surface area contributed by atoms with Gasteiger partial charge in [-0.25, -0.2) is 13.6 Å². The standard InChI is InChI=1S/C23H28F2N2O3/c1-16(2)15-29-19-7-9-20(10-8-19)30-23(28)26-22-11-12-27(14-21(22)25)13-17-3-5-18(24)6-4-17/h3-10,16,21-22H,11-15H2,1-2H3,(H,26,28)/t21-,22+/m0/s1. The average molecular weight is 418 g/mol. The summed E-state index contributed by atoms with van der Waals surface area (Å²) in [7, 11) is 0. The Labute approximate surface area is 176 Å². The van der Waals surface area contributed by atoms with Gasteiger partial charge in [0, 0.05) is 19.6 Å². The molecule has 1 aliphatic heterocycles. The van der Waals surface area contributed by atoms with E-state index < -0.39 is 18.3 Å².